The molecule has 2 amide bonds. The van der Waals surface area contributed by atoms with E-state index in [4.69, 9.17) is 16.3 Å². The van der Waals surface area contributed by atoms with Crippen LogP contribution in [0.1, 0.15) is 18.4 Å². The monoisotopic (exact) mass is 461 g/mol. The zero-order valence-corrected chi connectivity index (χ0v) is 18.7. The first kappa shape index (κ1) is 22.4. The van der Waals surface area contributed by atoms with Gasteiger partial charge in [-0.3, -0.25) is 9.59 Å². The number of hydrogen-bond donors (Lipinski definition) is 3. The maximum Gasteiger partial charge on any atom is 0.262 e. The van der Waals surface area contributed by atoms with Crippen LogP contribution in [0, 0.1) is 0 Å². The smallest absolute Gasteiger partial charge is 0.262 e. The normalized spacial score (nSPS) is 10.7. The number of halogens is 1. The molecule has 0 aliphatic carbocycles. The molecule has 33 heavy (non-hydrogen) atoms. The second-order valence-corrected chi connectivity index (χ2v) is 8.03. The van der Waals surface area contributed by atoms with Gasteiger partial charge in [0.15, 0.2) is 6.61 Å². The predicted octanol–water partition coefficient (Wildman–Crippen LogP) is 5.80. The minimum atomic E-state index is -0.328. The molecule has 168 valence electrons. The third kappa shape index (κ3) is 6.14. The third-order valence-electron chi connectivity index (χ3n) is 5.18. The Hall–Kier alpha value is -3.77. The average Bonchev–Trinajstić information content (AvgIpc) is 3.23. The number of anilines is 2. The van der Waals surface area contributed by atoms with Crippen molar-refractivity contribution in [3.05, 3.63) is 89.6 Å². The number of fused-ring (bicyclic) bond motifs is 1. The molecule has 0 saturated carbocycles. The summed E-state index contributed by atoms with van der Waals surface area (Å²) in [4.78, 5) is 28.1. The van der Waals surface area contributed by atoms with Gasteiger partial charge in [-0.2, -0.15) is 0 Å². The molecule has 0 bridgehead atoms. The molecular formula is C26H24ClN3O3. The highest BCUT2D eigenvalue weighted by atomic mass is 35.5. The second kappa shape index (κ2) is 10.7. The molecule has 1 aromatic heterocycles. The minimum Gasteiger partial charge on any atom is -0.484 e. The van der Waals surface area contributed by atoms with Crippen LogP contribution in [0.5, 0.6) is 5.75 Å². The van der Waals surface area contributed by atoms with Crippen LogP contribution in [-0.2, 0) is 16.0 Å². The van der Waals surface area contributed by atoms with Crippen LogP contribution >= 0.6 is 11.6 Å². The summed E-state index contributed by atoms with van der Waals surface area (Å²) in [6.07, 6.45) is 3.90. The van der Waals surface area contributed by atoms with Gasteiger partial charge >= 0.3 is 0 Å². The summed E-state index contributed by atoms with van der Waals surface area (Å²) in [6, 6.07) is 22.0. The SMILES string of the molecule is O=C(CCCc1c[nH]c2ccccc12)Nc1ccccc1NC(=O)COc1ccc(Cl)cc1. The molecule has 6 nitrogen and oxygen atoms in total. The molecule has 0 unspecified atom stereocenters. The summed E-state index contributed by atoms with van der Waals surface area (Å²) >= 11 is 5.85. The van der Waals surface area contributed by atoms with Gasteiger partial charge in [-0.1, -0.05) is 41.9 Å². The van der Waals surface area contributed by atoms with Crippen molar-refractivity contribution in [2.24, 2.45) is 0 Å². The van der Waals surface area contributed by atoms with Crippen LogP contribution in [-0.4, -0.2) is 23.4 Å². The number of hydrogen-bond acceptors (Lipinski definition) is 3. The number of aromatic nitrogens is 1. The number of benzene rings is 3. The van der Waals surface area contributed by atoms with Crippen molar-refractivity contribution < 1.29 is 14.3 Å². The number of carbonyl (C=O) groups is 2. The van der Waals surface area contributed by atoms with E-state index in [1.807, 2.05) is 24.4 Å². The van der Waals surface area contributed by atoms with Crippen molar-refractivity contribution in [1.82, 2.24) is 4.98 Å². The Bertz CT molecular complexity index is 1250. The van der Waals surface area contributed by atoms with Crippen LogP contribution in [0.3, 0.4) is 0 Å². The number of H-pyrrole nitrogens is 1. The van der Waals surface area contributed by atoms with E-state index in [0.717, 1.165) is 18.4 Å². The number of rotatable bonds is 9. The molecule has 3 aromatic carbocycles. The van der Waals surface area contributed by atoms with Crippen LogP contribution in [0.15, 0.2) is 79.0 Å². The standard InChI is InChI=1S/C26H24ClN3O3/c27-19-12-14-20(15-13-19)33-17-26(32)30-24-10-4-3-9-23(24)29-25(31)11-5-6-18-16-28-22-8-2-1-7-21(18)22/h1-4,7-10,12-16,28H,5-6,11,17H2,(H,29,31)(H,30,32). The Morgan fingerprint density at radius 1 is 0.848 bits per heavy atom. The van der Waals surface area contributed by atoms with E-state index < -0.39 is 0 Å². The maximum atomic E-state index is 12.5. The number of ether oxygens (including phenoxy) is 1. The van der Waals surface area contributed by atoms with Crippen molar-refractivity contribution in [3.8, 4) is 5.75 Å². The highest BCUT2D eigenvalue weighted by molar-refractivity contribution is 6.30. The molecule has 7 heteroatoms. The number of para-hydroxylation sites is 3. The van der Waals surface area contributed by atoms with Crippen molar-refractivity contribution in [3.63, 3.8) is 0 Å². The van der Waals surface area contributed by atoms with Gasteiger partial charge in [-0.15, -0.1) is 0 Å². The first-order chi connectivity index (χ1) is 16.1. The van der Waals surface area contributed by atoms with E-state index >= 15 is 0 Å². The van der Waals surface area contributed by atoms with E-state index in [9.17, 15) is 9.59 Å². The van der Waals surface area contributed by atoms with Crippen LogP contribution in [0.4, 0.5) is 11.4 Å². The lowest BCUT2D eigenvalue weighted by atomic mass is 10.1. The summed E-state index contributed by atoms with van der Waals surface area (Å²) in [5, 5.41) is 7.47. The van der Waals surface area contributed by atoms with E-state index in [1.165, 1.54) is 10.9 Å². The van der Waals surface area contributed by atoms with E-state index in [1.54, 1.807) is 48.5 Å². The number of aromatic amines is 1. The van der Waals surface area contributed by atoms with Gasteiger partial charge in [0.1, 0.15) is 5.75 Å². The predicted molar refractivity (Wildman–Crippen MR) is 132 cm³/mol. The highest BCUT2D eigenvalue weighted by Crippen LogP contribution is 2.23. The molecule has 4 rings (SSSR count). The molecule has 1 heterocycles. The van der Waals surface area contributed by atoms with Gasteiger partial charge in [0.25, 0.3) is 5.91 Å². The van der Waals surface area contributed by atoms with Crippen molar-refractivity contribution in [2.75, 3.05) is 17.2 Å². The average molecular weight is 462 g/mol. The van der Waals surface area contributed by atoms with E-state index in [0.29, 0.717) is 28.6 Å². The fraction of sp³-hybridized carbons (Fsp3) is 0.154. The fourth-order valence-corrected chi connectivity index (χ4v) is 3.68. The Morgan fingerprint density at radius 3 is 2.27 bits per heavy atom. The minimum absolute atomic E-state index is 0.103. The summed E-state index contributed by atoms with van der Waals surface area (Å²) in [7, 11) is 0. The third-order valence-corrected chi connectivity index (χ3v) is 5.44. The molecule has 3 N–H and O–H groups in total. The van der Waals surface area contributed by atoms with Crippen molar-refractivity contribution >= 4 is 45.7 Å². The van der Waals surface area contributed by atoms with E-state index in [2.05, 4.69) is 21.7 Å². The Labute approximate surface area is 196 Å². The number of amides is 2. The van der Waals surface area contributed by atoms with Gasteiger partial charge < -0.3 is 20.4 Å². The fourth-order valence-electron chi connectivity index (χ4n) is 3.56. The molecule has 0 aliphatic heterocycles. The summed E-state index contributed by atoms with van der Waals surface area (Å²) in [5.74, 6) is 0.117. The summed E-state index contributed by atoms with van der Waals surface area (Å²) in [5.41, 5.74) is 3.37. The quantitative estimate of drug-likeness (QED) is 0.294. The lowest BCUT2D eigenvalue weighted by molar-refractivity contribution is -0.118. The molecule has 0 saturated heterocycles. The first-order valence-corrected chi connectivity index (χ1v) is 11.1. The summed E-state index contributed by atoms with van der Waals surface area (Å²) in [6.45, 7) is -0.158. The van der Waals surface area contributed by atoms with Crippen molar-refractivity contribution in [2.45, 2.75) is 19.3 Å². The van der Waals surface area contributed by atoms with Gasteiger partial charge in [0, 0.05) is 28.5 Å². The maximum absolute atomic E-state index is 12.5. The van der Waals surface area contributed by atoms with Crippen LogP contribution in [0.25, 0.3) is 10.9 Å². The van der Waals surface area contributed by atoms with Crippen molar-refractivity contribution in [1.29, 1.82) is 0 Å². The van der Waals surface area contributed by atoms with Crippen LogP contribution in [0.2, 0.25) is 5.02 Å². The molecule has 0 aliphatic rings. The largest absolute Gasteiger partial charge is 0.484 e. The highest BCUT2D eigenvalue weighted by Gasteiger charge is 2.11. The van der Waals surface area contributed by atoms with Gasteiger partial charge in [0.2, 0.25) is 5.91 Å². The zero-order valence-electron chi connectivity index (χ0n) is 17.9. The second-order valence-electron chi connectivity index (χ2n) is 7.60. The zero-order chi connectivity index (χ0) is 23.0. The lowest BCUT2D eigenvalue weighted by Crippen LogP contribution is -2.21. The van der Waals surface area contributed by atoms with Gasteiger partial charge in [-0.05, 0) is 60.9 Å². The Morgan fingerprint density at radius 2 is 1.52 bits per heavy atom. The Balaban J connectivity index is 1.28. The topological polar surface area (TPSA) is 83.2 Å². The Kier molecular flexibility index (Phi) is 7.27. The van der Waals surface area contributed by atoms with E-state index in [-0.39, 0.29) is 18.4 Å². The number of carbonyl (C=O) groups excluding carboxylic acids is 2. The van der Waals surface area contributed by atoms with Crippen LogP contribution < -0.4 is 15.4 Å². The number of nitrogens with one attached hydrogen (secondary N) is 3. The molecule has 4 aromatic rings. The molecule has 0 spiro atoms. The molecule has 0 atom stereocenters. The summed E-state index contributed by atoms with van der Waals surface area (Å²) < 4.78 is 5.47. The number of aryl methyl sites for hydroxylation is 1. The van der Waals surface area contributed by atoms with Gasteiger partial charge in [0.05, 0.1) is 11.4 Å². The first-order valence-electron chi connectivity index (χ1n) is 10.7. The molecule has 0 radical (unpaired) electrons. The molecule has 0 fully saturated rings. The van der Waals surface area contributed by atoms with Gasteiger partial charge in [-0.25, -0.2) is 0 Å². The molecular weight excluding hydrogens is 438 g/mol. The lowest BCUT2D eigenvalue weighted by Gasteiger charge is -2.13.